The number of hydrogen-bond acceptors (Lipinski definition) is 2. The molecule has 1 aliphatic carbocycles. The SMILES string of the molecule is CNC(c1cc(C)c(C)o1)C1CCCCC1(C)C. The van der Waals surface area contributed by atoms with Crippen LogP contribution in [0.2, 0.25) is 0 Å². The van der Waals surface area contributed by atoms with Crippen LogP contribution in [-0.4, -0.2) is 7.05 Å². The van der Waals surface area contributed by atoms with Crippen molar-refractivity contribution in [1.29, 1.82) is 0 Å². The van der Waals surface area contributed by atoms with E-state index in [2.05, 4.69) is 46.1 Å². The third-order valence-electron chi connectivity index (χ3n) is 4.79. The van der Waals surface area contributed by atoms with E-state index in [-0.39, 0.29) is 0 Å². The molecule has 2 nitrogen and oxygen atoms in total. The fourth-order valence-electron chi connectivity index (χ4n) is 3.44. The molecule has 18 heavy (non-hydrogen) atoms. The Bertz CT molecular complexity index is 386. The number of nitrogens with one attached hydrogen (secondary N) is 1. The van der Waals surface area contributed by atoms with Crippen LogP contribution in [0.3, 0.4) is 0 Å². The van der Waals surface area contributed by atoms with E-state index in [1.54, 1.807) is 0 Å². The van der Waals surface area contributed by atoms with Crippen LogP contribution in [0, 0.1) is 25.2 Å². The molecule has 2 heteroatoms. The molecule has 1 N–H and O–H groups in total. The van der Waals surface area contributed by atoms with E-state index in [9.17, 15) is 0 Å². The molecular weight excluding hydrogens is 222 g/mol. The number of hydrogen-bond donors (Lipinski definition) is 1. The molecular formula is C16H27NO. The summed E-state index contributed by atoms with van der Waals surface area (Å²) in [7, 11) is 2.06. The van der Waals surface area contributed by atoms with Gasteiger partial charge in [-0.05, 0) is 56.7 Å². The number of rotatable bonds is 3. The van der Waals surface area contributed by atoms with Crippen molar-refractivity contribution >= 4 is 0 Å². The highest BCUT2D eigenvalue weighted by molar-refractivity contribution is 5.21. The van der Waals surface area contributed by atoms with Gasteiger partial charge in [-0.25, -0.2) is 0 Å². The average Bonchev–Trinajstić information content (AvgIpc) is 2.62. The molecule has 1 fully saturated rings. The van der Waals surface area contributed by atoms with Crippen LogP contribution in [0.5, 0.6) is 0 Å². The summed E-state index contributed by atoms with van der Waals surface area (Å²) in [5, 5.41) is 3.49. The summed E-state index contributed by atoms with van der Waals surface area (Å²) in [6.45, 7) is 8.99. The molecule has 2 unspecified atom stereocenters. The second kappa shape index (κ2) is 5.08. The lowest BCUT2D eigenvalue weighted by molar-refractivity contribution is 0.0922. The highest BCUT2D eigenvalue weighted by Crippen LogP contribution is 2.47. The summed E-state index contributed by atoms with van der Waals surface area (Å²) in [6, 6.07) is 2.56. The molecule has 0 amide bonds. The molecule has 0 aliphatic heterocycles. The van der Waals surface area contributed by atoms with Crippen LogP contribution in [0.1, 0.15) is 62.7 Å². The largest absolute Gasteiger partial charge is 0.464 e. The van der Waals surface area contributed by atoms with Gasteiger partial charge in [0.05, 0.1) is 6.04 Å². The van der Waals surface area contributed by atoms with E-state index >= 15 is 0 Å². The molecule has 2 atom stereocenters. The maximum Gasteiger partial charge on any atom is 0.121 e. The lowest BCUT2D eigenvalue weighted by Gasteiger charge is -2.42. The molecule has 1 saturated carbocycles. The van der Waals surface area contributed by atoms with Crippen molar-refractivity contribution < 1.29 is 4.42 Å². The second-order valence-corrected chi connectivity index (χ2v) is 6.50. The lowest BCUT2D eigenvalue weighted by atomic mass is 9.65. The minimum absolute atomic E-state index is 0.354. The Morgan fingerprint density at radius 3 is 2.56 bits per heavy atom. The Morgan fingerprint density at radius 1 is 1.33 bits per heavy atom. The Hall–Kier alpha value is -0.760. The minimum Gasteiger partial charge on any atom is -0.464 e. The monoisotopic (exact) mass is 249 g/mol. The van der Waals surface area contributed by atoms with Crippen LogP contribution in [0.15, 0.2) is 10.5 Å². The van der Waals surface area contributed by atoms with E-state index in [0.29, 0.717) is 17.4 Å². The van der Waals surface area contributed by atoms with E-state index in [0.717, 1.165) is 11.5 Å². The lowest BCUT2D eigenvalue weighted by Crippen LogP contribution is -2.37. The van der Waals surface area contributed by atoms with Crippen molar-refractivity contribution in [3.63, 3.8) is 0 Å². The highest BCUT2D eigenvalue weighted by atomic mass is 16.3. The minimum atomic E-state index is 0.354. The first-order chi connectivity index (χ1) is 8.45. The molecule has 1 aromatic rings. The first kappa shape index (κ1) is 13.7. The molecule has 1 aliphatic rings. The van der Waals surface area contributed by atoms with Gasteiger partial charge in [-0.2, -0.15) is 0 Å². The zero-order valence-electron chi connectivity index (χ0n) is 12.5. The van der Waals surface area contributed by atoms with E-state index in [1.165, 1.54) is 31.2 Å². The van der Waals surface area contributed by atoms with Crippen LogP contribution in [0.25, 0.3) is 0 Å². The highest BCUT2D eigenvalue weighted by Gasteiger charge is 2.38. The standard InChI is InChI=1S/C16H27NO/c1-11-10-14(18-12(11)2)15(17-5)13-8-6-7-9-16(13,3)4/h10,13,15,17H,6-9H2,1-5H3. The van der Waals surface area contributed by atoms with Gasteiger partial charge in [0.2, 0.25) is 0 Å². The van der Waals surface area contributed by atoms with Crippen molar-refractivity contribution in [2.24, 2.45) is 11.3 Å². The maximum atomic E-state index is 5.95. The quantitative estimate of drug-likeness (QED) is 0.860. The van der Waals surface area contributed by atoms with Crippen molar-refractivity contribution in [3.8, 4) is 0 Å². The third kappa shape index (κ3) is 2.49. The van der Waals surface area contributed by atoms with Crippen LogP contribution in [-0.2, 0) is 0 Å². The number of furan rings is 1. The molecule has 0 saturated heterocycles. The zero-order chi connectivity index (χ0) is 13.3. The molecule has 0 spiro atoms. The van der Waals surface area contributed by atoms with Gasteiger partial charge in [-0.3, -0.25) is 0 Å². The van der Waals surface area contributed by atoms with Gasteiger partial charge in [-0.15, -0.1) is 0 Å². The molecule has 2 rings (SSSR count). The topological polar surface area (TPSA) is 25.2 Å². The Balaban J connectivity index is 2.27. The van der Waals surface area contributed by atoms with Gasteiger partial charge in [0.25, 0.3) is 0 Å². The van der Waals surface area contributed by atoms with Gasteiger partial charge < -0.3 is 9.73 Å². The van der Waals surface area contributed by atoms with Crippen molar-refractivity contribution in [2.45, 2.75) is 59.4 Å². The second-order valence-electron chi connectivity index (χ2n) is 6.50. The van der Waals surface area contributed by atoms with Gasteiger partial charge >= 0.3 is 0 Å². The van der Waals surface area contributed by atoms with Crippen molar-refractivity contribution in [3.05, 3.63) is 23.2 Å². The van der Waals surface area contributed by atoms with Gasteiger partial charge in [0, 0.05) is 0 Å². The van der Waals surface area contributed by atoms with E-state index < -0.39 is 0 Å². The van der Waals surface area contributed by atoms with Crippen molar-refractivity contribution in [2.75, 3.05) is 7.05 Å². The molecule has 0 radical (unpaired) electrons. The summed E-state index contributed by atoms with van der Waals surface area (Å²) in [4.78, 5) is 0. The molecule has 1 heterocycles. The van der Waals surface area contributed by atoms with Gasteiger partial charge in [-0.1, -0.05) is 26.7 Å². The summed E-state index contributed by atoms with van der Waals surface area (Å²) in [6.07, 6.45) is 5.35. The van der Waals surface area contributed by atoms with Crippen LogP contribution in [0.4, 0.5) is 0 Å². The molecule has 1 aromatic heterocycles. The smallest absolute Gasteiger partial charge is 0.121 e. The predicted molar refractivity (Wildman–Crippen MR) is 75.7 cm³/mol. The normalized spacial score (nSPS) is 25.1. The van der Waals surface area contributed by atoms with Crippen LogP contribution >= 0.6 is 0 Å². The fraction of sp³-hybridized carbons (Fsp3) is 0.750. The first-order valence-corrected chi connectivity index (χ1v) is 7.20. The maximum absolute atomic E-state index is 5.95. The van der Waals surface area contributed by atoms with Crippen molar-refractivity contribution in [1.82, 2.24) is 5.32 Å². The summed E-state index contributed by atoms with van der Waals surface area (Å²) in [5.74, 6) is 2.84. The summed E-state index contributed by atoms with van der Waals surface area (Å²) < 4.78 is 5.95. The first-order valence-electron chi connectivity index (χ1n) is 7.20. The molecule has 102 valence electrons. The van der Waals surface area contributed by atoms with E-state index in [1.807, 2.05) is 0 Å². The fourth-order valence-corrected chi connectivity index (χ4v) is 3.44. The third-order valence-corrected chi connectivity index (χ3v) is 4.79. The Kier molecular flexibility index (Phi) is 3.86. The molecule has 0 bridgehead atoms. The van der Waals surface area contributed by atoms with Crippen LogP contribution < -0.4 is 5.32 Å². The Morgan fingerprint density at radius 2 is 2.06 bits per heavy atom. The predicted octanol–water partition coefficient (Wildman–Crippen LogP) is 4.37. The number of aryl methyl sites for hydroxylation is 2. The van der Waals surface area contributed by atoms with Gasteiger partial charge in [0.15, 0.2) is 0 Å². The van der Waals surface area contributed by atoms with E-state index in [4.69, 9.17) is 4.42 Å². The Labute approximate surface area is 111 Å². The zero-order valence-corrected chi connectivity index (χ0v) is 12.5. The van der Waals surface area contributed by atoms with Gasteiger partial charge in [0.1, 0.15) is 11.5 Å². The summed E-state index contributed by atoms with van der Waals surface area (Å²) in [5.41, 5.74) is 1.67. The molecule has 0 aromatic carbocycles. The summed E-state index contributed by atoms with van der Waals surface area (Å²) >= 11 is 0. The average molecular weight is 249 g/mol.